The van der Waals surface area contributed by atoms with Crippen molar-refractivity contribution in [3.8, 4) is 0 Å². The van der Waals surface area contributed by atoms with Gasteiger partial charge in [-0.2, -0.15) is 0 Å². The largest absolute Gasteiger partial charge is 0.370 e. The number of nitrogens with two attached hydrogens (primary N) is 2. The predicted molar refractivity (Wildman–Crippen MR) is 170 cm³/mol. The summed E-state index contributed by atoms with van der Waals surface area (Å²) < 4.78 is 0. The molecule has 0 unspecified atom stereocenters. The van der Waals surface area contributed by atoms with E-state index in [-0.39, 0.29) is 29.7 Å². The molecule has 0 radical (unpaired) electrons. The number of aliphatic imine (C=N–C) groups is 1. The first kappa shape index (κ1) is 30.5. The molecule has 3 aromatic carbocycles. The van der Waals surface area contributed by atoms with E-state index in [9.17, 15) is 9.59 Å². The number of benzene rings is 3. The third-order valence-corrected chi connectivity index (χ3v) is 7.54. The van der Waals surface area contributed by atoms with Crippen LogP contribution in [0.15, 0.2) is 96.0 Å². The highest BCUT2D eigenvalue weighted by atomic mass is 16.2. The fourth-order valence-electron chi connectivity index (χ4n) is 5.36. The lowest BCUT2D eigenvalue weighted by Crippen LogP contribution is -2.49. The summed E-state index contributed by atoms with van der Waals surface area (Å²) in [5.74, 6) is -0.0145. The van der Waals surface area contributed by atoms with Crippen molar-refractivity contribution in [3.05, 3.63) is 113 Å². The Kier molecular flexibility index (Phi) is 11.3. The van der Waals surface area contributed by atoms with Gasteiger partial charge in [-0.1, -0.05) is 90.5 Å². The fraction of sp³-hybridized carbons (Fsp3) is 0.324. The molecule has 0 spiro atoms. The summed E-state index contributed by atoms with van der Waals surface area (Å²) in [6.45, 7) is 4.05. The molecular formula is C34H42N6O2. The molecule has 42 heavy (non-hydrogen) atoms. The van der Waals surface area contributed by atoms with Gasteiger partial charge in [0.2, 0.25) is 11.8 Å². The van der Waals surface area contributed by atoms with E-state index < -0.39 is 6.04 Å². The van der Waals surface area contributed by atoms with Gasteiger partial charge in [-0.05, 0) is 49.0 Å². The van der Waals surface area contributed by atoms with Gasteiger partial charge in [0, 0.05) is 44.2 Å². The number of carbonyl (C=O) groups is 2. The maximum atomic E-state index is 13.9. The van der Waals surface area contributed by atoms with Crippen molar-refractivity contribution in [1.29, 1.82) is 0 Å². The van der Waals surface area contributed by atoms with Gasteiger partial charge in [-0.15, -0.1) is 0 Å². The van der Waals surface area contributed by atoms with E-state index >= 15 is 0 Å². The first-order chi connectivity index (χ1) is 20.4. The molecule has 8 nitrogen and oxygen atoms in total. The number of nitrogens with zero attached hydrogens (tertiary/aromatic N) is 2. The first-order valence-corrected chi connectivity index (χ1v) is 14.6. The summed E-state index contributed by atoms with van der Waals surface area (Å²) in [6, 6.07) is 28.2. The van der Waals surface area contributed by atoms with E-state index in [0.717, 1.165) is 11.1 Å². The number of hydrogen-bond acceptors (Lipinski definition) is 4. The Balaban J connectivity index is 1.46. The lowest BCUT2D eigenvalue weighted by molar-refractivity contribution is -0.133. The zero-order chi connectivity index (χ0) is 29.7. The van der Waals surface area contributed by atoms with Gasteiger partial charge in [-0.3, -0.25) is 14.6 Å². The molecule has 1 saturated heterocycles. The Morgan fingerprint density at radius 2 is 1.74 bits per heavy atom. The minimum absolute atomic E-state index is 0.0432. The summed E-state index contributed by atoms with van der Waals surface area (Å²) >= 11 is 0. The molecule has 8 heteroatoms. The van der Waals surface area contributed by atoms with Crippen molar-refractivity contribution >= 4 is 23.8 Å². The molecule has 6 N–H and O–H groups in total. The number of rotatable bonds is 12. The van der Waals surface area contributed by atoms with Crippen LogP contribution in [-0.2, 0) is 9.59 Å². The van der Waals surface area contributed by atoms with Crippen molar-refractivity contribution in [3.63, 3.8) is 0 Å². The molecule has 1 aliphatic heterocycles. The van der Waals surface area contributed by atoms with Crippen molar-refractivity contribution in [1.82, 2.24) is 15.5 Å². The SMILES string of the molecule is Cc1cccc(C=CC(=O)NC[C@@H]2CCN(CC(c3ccccc3)c3ccccc3)C(=O)[C@H](CCCN=C(N)N)N2)c1. The van der Waals surface area contributed by atoms with Crippen molar-refractivity contribution in [2.75, 3.05) is 26.2 Å². The predicted octanol–water partition coefficient (Wildman–Crippen LogP) is 3.57. The van der Waals surface area contributed by atoms with E-state index in [4.69, 9.17) is 11.5 Å². The van der Waals surface area contributed by atoms with E-state index in [1.54, 1.807) is 6.08 Å². The minimum atomic E-state index is -0.404. The van der Waals surface area contributed by atoms with Gasteiger partial charge in [0.25, 0.3) is 0 Å². The Bertz CT molecular complexity index is 1320. The third kappa shape index (κ3) is 9.31. The summed E-state index contributed by atoms with van der Waals surface area (Å²) in [6.07, 6.45) is 5.33. The van der Waals surface area contributed by atoms with E-state index in [2.05, 4.69) is 39.9 Å². The van der Waals surface area contributed by atoms with Crippen LogP contribution in [0.3, 0.4) is 0 Å². The average Bonchev–Trinajstić information content (AvgIpc) is 3.14. The molecule has 3 aromatic rings. The quantitative estimate of drug-likeness (QED) is 0.115. The Hall–Kier alpha value is -4.43. The highest BCUT2D eigenvalue weighted by Gasteiger charge is 2.32. The lowest BCUT2D eigenvalue weighted by Gasteiger charge is -2.29. The number of guanidine groups is 1. The van der Waals surface area contributed by atoms with E-state index in [0.29, 0.717) is 45.4 Å². The number of carbonyl (C=O) groups excluding carboxylic acids is 2. The van der Waals surface area contributed by atoms with Crippen LogP contribution in [0.4, 0.5) is 0 Å². The number of aryl methyl sites for hydroxylation is 1. The van der Waals surface area contributed by atoms with E-state index in [1.807, 2.05) is 78.6 Å². The minimum Gasteiger partial charge on any atom is -0.370 e. The molecule has 1 aliphatic rings. The number of hydrogen-bond donors (Lipinski definition) is 4. The monoisotopic (exact) mass is 566 g/mol. The molecule has 220 valence electrons. The Labute approximate surface area is 248 Å². The fourth-order valence-corrected chi connectivity index (χ4v) is 5.36. The second-order valence-electron chi connectivity index (χ2n) is 10.8. The van der Waals surface area contributed by atoms with Crippen LogP contribution < -0.4 is 22.1 Å². The van der Waals surface area contributed by atoms with Gasteiger partial charge >= 0.3 is 0 Å². The molecule has 4 rings (SSSR count). The maximum Gasteiger partial charge on any atom is 0.244 e. The van der Waals surface area contributed by atoms with Crippen molar-refractivity contribution < 1.29 is 9.59 Å². The number of nitrogens with one attached hydrogen (secondary N) is 2. The molecule has 2 atom stereocenters. The van der Waals surface area contributed by atoms with Gasteiger partial charge in [0.1, 0.15) is 0 Å². The molecule has 0 aliphatic carbocycles. The van der Waals surface area contributed by atoms with Crippen LogP contribution in [0.2, 0.25) is 0 Å². The van der Waals surface area contributed by atoms with Crippen molar-refractivity contribution in [2.24, 2.45) is 16.5 Å². The molecule has 1 heterocycles. The highest BCUT2D eigenvalue weighted by molar-refractivity contribution is 5.91. The Morgan fingerprint density at radius 3 is 2.38 bits per heavy atom. The molecule has 2 amide bonds. The van der Waals surface area contributed by atoms with Gasteiger partial charge in [-0.25, -0.2) is 0 Å². The summed E-state index contributed by atoms with van der Waals surface area (Å²) in [4.78, 5) is 32.6. The van der Waals surface area contributed by atoms with Crippen LogP contribution in [0.1, 0.15) is 47.4 Å². The first-order valence-electron chi connectivity index (χ1n) is 14.6. The highest BCUT2D eigenvalue weighted by Crippen LogP contribution is 2.27. The second kappa shape index (κ2) is 15.5. The van der Waals surface area contributed by atoms with Crippen molar-refractivity contribution in [2.45, 2.75) is 44.2 Å². The average molecular weight is 567 g/mol. The maximum absolute atomic E-state index is 13.9. The number of amides is 2. The zero-order valence-corrected chi connectivity index (χ0v) is 24.3. The summed E-state index contributed by atoms with van der Waals surface area (Å²) in [5, 5.41) is 6.55. The Morgan fingerprint density at radius 1 is 1.05 bits per heavy atom. The third-order valence-electron chi connectivity index (χ3n) is 7.54. The molecule has 1 fully saturated rings. The van der Waals surface area contributed by atoms with Crippen LogP contribution in [0, 0.1) is 6.92 Å². The van der Waals surface area contributed by atoms with Gasteiger partial charge in [0.05, 0.1) is 6.04 Å². The smallest absolute Gasteiger partial charge is 0.244 e. The van der Waals surface area contributed by atoms with E-state index in [1.165, 1.54) is 11.1 Å². The summed E-state index contributed by atoms with van der Waals surface area (Å²) in [7, 11) is 0. The standard InChI is InChI=1S/C34H42N6O2/c1-25-10-8-11-26(22-25)17-18-32(41)38-23-29-19-21-40(33(42)31(39-29)16-9-20-37-34(35)36)24-30(27-12-4-2-5-13-27)28-14-6-3-7-15-28/h2-8,10-15,17-18,22,29-31,39H,9,16,19-21,23-24H2,1H3,(H,38,41)(H4,35,36,37)/t29-,31-/m0/s1. The van der Waals surface area contributed by atoms with Crippen LogP contribution in [-0.4, -0.2) is 60.9 Å². The van der Waals surface area contributed by atoms with Crippen LogP contribution in [0.25, 0.3) is 6.08 Å². The molecule has 0 aromatic heterocycles. The lowest BCUT2D eigenvalue weighted by atomic mass is 9.90. The topological polar surface area (TPSA) is 126 Å². The van der Waals surface area contributed by atoms with Gasteiger partial charge in [0.15, 0.2) is 5.96 Å². The second-order valence-corrected chi connectivity index (χ2v) is 10.8. The van der Waals surface area contributed by atoms with Gasteiger partial charge < -0.3 is 27.0 Å². The zero-order valence-electron chi connectivity index (χ0n) is 24.3. The normalized spacial score (nSPS) is 17.3. The molecule has 0 bridgehead atoms. The van der Waals surface area contributed by atoms with Crippen LogP contribution >= 0.6 is 0 Å². The van der Waals surface area contributed by atoms with Crippen LogP contribution in [0.5, 0.6) is 0 Å². The molecular weight excluding hydrogens is 524 g/mol. The molecule has 0 saturated carbocycles. The summed E-state index contributed by atoms with van der Waals surface area (Å²) in [5.41, 5.74) is 15.5.